The van der Waals surface area contributed by atoms with E-state index in [1.54, 1.807) is 9.36 Å². The zero-order chi connectivity index (χ0) is 14.6. The molecule has 1 aliphatic carbocycles. The summed E-state index contributed by atoms with van der Waals surface area (Å²) in [7, 11) is 1.89. The van der Waals surface area contributed by atoms with Crippen molar-refractivity contribution in [3.63, 3.8) is 0 Å². The molecule has 2 aromatic heterocycles. The highest BCUT2D eigenvalue weighted by molar-refractivity contribution is 5.99. The lowest BCUT2D eigenvalue weighted by Crippen LogP contribution is -2.31. The van der Waals surface area contributed by atoms with Gasteiger partial charge in [-0.2, -0.15) is 15.2 Å². The van der Waals surface area contributed by atoms with Crippen LogP contribution in [0.5, 0.6) is 0 Å². The van der Waals surface area contributed by atoms with Gasteiger partial charge in [-0.1, -0.05) is 0 Å². The van der Waals surface area contributed by atoms with Crippen molar-refractivity contribution in [3.8, 4) is 0 Å². The first-order chi connectivity index (χ1) is 10.1. The monoisotopic (exact) mass is 284 g/mol. The number of rotatable bonds is 1. The molecule has 7 nitrogen and oxygen atoms in total. The normalized spacial score (nSPS) is 21.0. The maximum Gasteiger partial charge on any atom is 0.226 e. The lowest BCUT2D eigenvalue weighted by atomic mass is 9.86. The van der Waals surface area contributed by atoms with Crippen LogP contribution in [0.15, 0.2) is 23.8 Å². The molecule has 7 heteroatoms. The van der Waals surface area contributed by atoms with E-state index in [1.165, 1.54) is 6.33 Å². The minimum Gasteiger partial charge on any atom is -0.328 e. The van der Waals surface area contributed by atoms with Crippen molar-refractivity contribution >= 4 is 11.7 Å². The van der Waals surface area contributed by atoms with Crippen LogP contribution in [0.25, 0.3) is 0 Å². The maximum absolute atomic E-state index is 12.5. The van der Waals surface area contributed by atoms with E-state index in [0.29, 0.717) is 12.4 Å². The second-order valence-corrected chi connectivity index (χ2v) is 5.57. The number of aromatic nitrogens is 5. The van der Waals surface area contributed by atoms with Gasteiger partial charge in [-0.3, -0.25) is 9.48 Å². The van der Waals surface area contributed by atoms with Gasteiger partial charge in [0.15, 0.2) is 5.78 Å². The van der Waals surface area contributed by atoms with E-state index in [4.69, 9.17) is 0 Å². The summed E-state index contributed by atoms with van der Waals surface area (Å²) < 4.78 is 3.56. The van der Waals surface area contributed by atoms with Gasteiger partial charge < -0.3 is 5.32 Å². The highest BCUT2D eigenvalue weighted by Gasteiger charge is 2.37. The van der Waals surface area contributed by atoms with Gasteiger partial charge in [0.05, 0.1) is 5.69 Å². The average molecular weight is 284 g/mol. The molecule has 0 radical (unpaired) electrons. The summed E-state index contributed by atoms with van der Waals surface area (Å²) in [6.07, 6.45) is 5.84. The minimum atomic E-state index is -0.222. The van der Waals surface area contributed by atoms with Crippen molar-refractivity contribution in [2.45, 2.75) is 32.2 Å². The molecule has 108 valence electrons. The number of aryl methyl sites for hydroxylation is 2. The number of ketones is 1. The quantitative estimate of drug-likeness (QED) is 0.855. The first-order valence-corrected chi connectivity index (χ1v) is 7.08. The van der Waals surface area contributed by atoms with Gasteiger partial charge in [0.2, 0.25) is 5.95 Å². The predicted molar refractivity (Wildman–Crippen MR) is 75.6 cm³/mol. The van der Waals surface area contributed by atoms with Crippen LogP contribution in [0, 0.1) is 6.92 Å². The SMILES string of the molecule is Cc1nn(C)cc1C1C2=C(CCCC2=O)Nc2ncnn21. The van der Waals surface area contributed by atoms with Crippen molar-refractivity contribution in [1.82, 2.24) is 24.5 Å². The van der Waals surface area contributed by atoms with Gasteiger partial charge in [0.25, 0.3) is 0 Å². The molecule has 0 amide bonds. The van der Waals surface area contributed by atoms with Crippen molar-refractivity contribution in [2.24, 2.45) is 7.05 Å². The van der Waals surface area contributed by atoms with E-state index in [2.05, 4.69) is 20.5 Å². The highest BCUT2D eigenvalue weighted by atomic mass is 16.1. The molecule has 0 aromatic carbocycles. The van der Waals surface area contributed by atoms with E-state index >= 15 is 0 Å². The topological polar surface area (TPSA) is 77.6 Å². The Morgan fingerprint density at radius 1 is 1.38 bits per heavy atom. The van der Waals surface area contributed by atoms with Gasteiger partial charge in [-0.25, -0.2) is 4.68 Å². The summed E-state index contributed by atoms with van der Waals surface area (Å²) in [6.45, 7) is 1.96. The van der Waals surface area contributed by atoms with Crippen LogP contribution in [-0.2, 0) is 11.8 Å². The molecule has 0 fully saturated rings. The van der Waals surface area contributed by atoms with E-state index in [9.17, 15) is 4.79 Å². The highest BCUT2D eigenvalue weighted by Crippen LogP contribution is 2.40. The molecule has 4 rings (SSSR count). The molecular weight excluding hydrogens is 268 g/mol. The molecule has 1 unspecified atom stereocenters. The molecule has 0 spiro atoms. The molecule has 0 bridgehead atoms. The largest absolute Gasteiger partial charge is 0.328 e. The fraction of sp³-hybridized carbons (Fsp3) is 0.429. The second-order valence-electron chi connectivity index (χ2n) is 5.57. The Labute approximate surface area is 121 Å². The first kappa shape index (κ1) is 12.3. The Balaban J connectivity index is 1.95. The number of fused-ring (bicyclic) bond motifs is 1. The van der Waals surface area contributed by atoms with E-state index in [-0.39, 0.29) is 11.8 Å². The molecule has 3 heterocycles. The molecule has 1 atom stereocenters. The molecule has 1 aliphatic heterocycles. The lowest BCUT2D eigenvalue weighted by Gasteiger charge is -2.31. The molecule has 2 aliphatic rings. The van der Waals surface area contributed by atoms with Crippen molar-refractivity contribution in [3.05, 3.63) is 35.1 Å². The summed E-state index contributed by atoms with van der Waals surface area (Å²) in [5.74, 6) is 0.884. The fourth-order valence-corrected chi connectivity index (χ4v) is 3.27. The van der Waals surface area contributed by atoms with Crippen LogP contribution >= 0.6 is 0 Å². The molecule has 2 aromatic rings. The number of anilines is 1. The molecule has 0 saturated carbocycles. The third-order valence-electron chi connectivity index (χ3n) is 4.16. The Hall–Kier alpha value is -2.44. The Bertz CT molecular complexity index is 768. The number of hydrogen-bond acceptors (Lipinski definition) is 5. The van der Waals surface area contributed by atoms with Crippen molar-refractivity contribution in [2.75, 3.05) is 5.32 Å². The van der Waals surface area contributed by atoms with Gasteiger partial charge >= 0.3 is 0 Å². The number of nitrogens with zero attached hydrogens (tertiary/aromatic N) is 5. The van der Waals surface area contributed by atoms with Crippen LogP contribution in [0.4, 0.5) is 5.95 Å². The van der Waals surface area contributed by atoms with Crippen LogP contribution in [0.3, 0.4) is 0 Å². The standard InChI is InChI=1S/C14H16N6O/c1-8-9(6-19(2)18-8)13-12-10(4-3-5-11(12)21)17-14-15-7-16-20(13)14/h6-7,13H,3-5H2,1-2H3,(H,15,16,17). The van der Waals surface area contributed by atoms with E-state index in [1.807, 2.05) is 20.2 Å². The number of nitrogens with one attached hydrogen (secondary N) is 1. The lowest BCUT2D eigenvalue weighted by molar-refractivity contribution is -0.116. The van der Waals surface area contributed by atoms with Crippen LogP contribution in [0.2, 0.25) is 0 Å². The fourth-order valence-electron chi connectivity index (χ4n) is 3.27. The predicted octanol–water partition coefficient (Wildman–Crippen LogP) is 1.34. The maximum atomic E-state index is 12.5. The van der Waals surface area contributed by atoms with Gasteiger partial charge in [0.1, 0.15) is 12.4 Å². The molecule has 0 saturated heterocycles. The number of carbonyl (C=O) groups excluding carboxylic acids is 1. The first-order valence-electron chi connectivity index (χ1n) is 7.08. The third kappa shape index (κ3) is 1.73. The number of carbonyl (C=O) groups is 1. The smallest absolute Gasteiger partial charge is 0.226 e. The number of hydrogen-bond donors (Lipinski definition) is 1. The van der Waals surface area contributed by atoms with Gasteiger partial charge in [0, 0.05) is 36.5 Å². The third-order valence-corrected chi connectivity index (χ3v) is 4.16. The van der Waals surface area contributed by atoms with E-state index < -0.39 is 0 Å². The van der Waals surface area contributed by atoms with Gasteiger partial charge in [-0.15, -0.1) is 0 Å². The van der Waals surface area contributed by atoms with E-state index in [0.717, 1.165) is 35.4 Å². The van der Waals surface area contributed by atoms with Crippen LogP contribution in [-0.4, -0.2) is 30.3 Å². The molecule has 1 N–H and O–H groups in total. The molecular formula is C14H16N6O. The Morgan fingerprint density at radius 2 is 2.24 bits per heavy atom. The minimum absolute atomic E-state index is 0.193. The summed E-state index contributed by atoms with van der Waals surface area (Å²) >= 11 is 0. The summed E-state index contributed by atoms with van der Waals surface area (Å²) in [6, 6.07) is -0.222. The van der Waals surface area contributed by atoms with Crippen molar-refractivity contribution in [1.29, 1.82) is 0 Å². The summed E-state index contributed by atoms with van der Waals surface area (Å²) in [4.78, 5) is 16.7. The average Bonchev–Trinajstić information content (AvgIpc) is 3.03. The number of Topliss-reactive ketones (excluding diaryl/α,β-unsaturated/α-hetero) is 1. The van der Waals surface area contributed by atoms with Crippen LogP contribution < -0.4 is 5.32 Å². The summed E-state index contributed by atoms with van der Waals surface area (Å²) in [5.41, 5.74) is 3.72. The van der Waals surface area contributed by atoms with Crippen molar-refractivity contribution < 1.29 is 4.79 Å². The Kier molecular flexibility index (Phi) is 2.51. The number of allylic oxidation sites excluding steroid dienone is 2. The zero-order valence-corrected chi connectivity index (χ0v) is 12.0. The van der Waals surface area contributed by atoms with Gasteiger partial charge in [-0.05, 0) is 19.8 Å². The summed E-state index contributed by atoms with van der Waals surface area (Å²) in [5, 5.41) is 12.0. The van der Waals surface area contributed by atoms with Crippen LogP contribution in [0.1, 0.15) is 36.6 Å². The zero-order valence-electron chi connectivity index (χ0n) is 12.0. The Morgan fingerprint density at radius 3 is 3.00 bits per heavy atom. The molecule has 21 heavy (non-hydrogen) atoms. The second kappa shape index (κ2) is 4.28.